The molecule has 0 saturated heterocycles. The highest BCUT2D eigenvalue weighted by Gasteiger charge is 2.38. The summed E-state index contributed by atoms with van der Waals surface area (Å²) in [6.07, 6.45) is 6.43. The number of hydrogen-bond donors (Lipinski definition) is 2. The van der Waals surface area contributed by atoms with Crippen molar-refractivity contribution in [2.24, 2.45) is 23.1 Å². The standard InChI is InChI=1S/C14H30N2O/c1-11(8-10-17-4)13(16-15)12-7-5-6-9-14(12,2)3/h11-13,16H,5-10,15H2,1-4H3. The van der Waals surface area contributed by atoms with E-state index < -0.39 is 0 Å². The summed E-state index contributed by atoms with van der Waals surface area (Å²) in [5, 5.41) is 0. The van der Waals surface area contributed by atoms with E-state index >= 15 is 0 Å². The van der Waals surface area contributed by atoms with Gasteiger partial charge in [0, 0.05) is 19.8 Å². The van der Waals surface area contributed by atoms with Crippen molar-refractivity contribution >= 4 is 0 Å². The number of hydrogen-bond acceptors (Lipinski definition) is 3. The van der Waals surface area contributed by atoms with Gasteiger partial charge in [0.05, 0.1) is 0 Å². The summed E-state index contributed by atoms with van der Waals surface area (Å²) in [7, 11) is 1.77. The van der Waals surface area contributed by atoms with Gasteiger partial charge < -0.3 is 4.74 Å². The third-order valence-electron chi connectivity index (χ3n) is 4.61. The lowest BCUT2D eigenvalue weighted by Crippen LogP contribution is -2.51. The van der Waals surface area contributed by atoms with Crippen molar-refractivity contribution in [2.75, 3.05) is 13.7 Å². The summed E-state index contributed by atoms with van der Waals surface area (Å²) in [6.45, 7) is 7.90. The van der Waals surface area contributed by atoms with Crippen LogP contribution in [0.2, 0.25) is 0 Å². The molecule has 17 heavy (non-hydrogen) atoms. The molecule has 0 radical (unpaired) electrons. The fourth-order valence-corrected chi connectivity index (χ4v) is 3.35. The molecular formula is C14H30N2O. The van der Waals surface area contributed by atoms with Gasteiger partial charge in [0.1, 0.15) is 0 Å². The minimum atomic E-state index is 0.413. The van der Waals surface area contributed by atoms with Crippen LogP contribution in [0, 0.1) is 17.3 Å². The zero-order chi connectivity index (χ0) is 12.9. The molecule has 0 amide bonds. The van der Waals surface area contributed by atoms with Crippen molar-refractivity contribution in [1.29, 1.82) is 0 Å². The quantitative estimate of drug-likeness (QED) is 0.556. The van der Waals surface area contributed by atoms with Crippen LogP contribution in [0.5, 0.6) is 0 Å². The molecular weight excluding hydrogens is 212 g/mol. The molecule has 1 aliphatic carbocycles. The molecule has 1 aliphatic rings. The minimum Gasteiger partial charge on any atom is -0.385 e. The lowest BCUT2D eigenvalue weighted by Gasteiger charge is -2.45. The summed E-state index contributed by atoms with van der Waals surface area (Å²) in [5.41, 5.74) is 3.49. The number of nitrogens with one attached hydrogen (secondary N) is 1. The fourth-order valence-electron chi connectivity index (χ4n) is 3.35. The molecule has 0 aromatic carbocycles. The molecule has 3 nitrogen and oxygen atoms in total. The summed E-state index contributed by atoms with van der Waals surface area (Å²) >= 11 is 0. The van der Waals surface area contributed by atoms with E-state index in [1.807, 2.05) is 0 Å². The Morgan fingerprint density at radius 3 is 2.65 bits per heavy atom. The highest BCUT2D eigenvalue weighted by molar-refractivity contribution is 4.91. The molecule has 3 unspecified atom stereocenters. The fraction of sp³-hybridized carbons (Fsp3) is 1.00. The van der Waals surface area contributed by atoms with Crippen molar-refractivity contribution < 1.29 is 4.74 Å². The van der Waals surface area contributed by atoms with Gasteiger partial charge in [-0.15, -0.1) is 0 Å². The average molecular weight is 242 g/mol. The molecule has 1 saturated carbocycles. The first-order valence-electron chi connectivity index (χ1n) is 6.98. The van der Waals surface area contributed by atoms with Gasteiger partial charge in [0.25, 0.3) is 0 Å². The monoisotopic (exact) mass is 242 g/mol. The smallest absolute Gasteiger partial charge is 0.0465 e. The van der Waals surface area contributed by atoms with Crippen LogP contribution < -0.4 is 11.3 Å². The van der Waals surface area contributed by atoms with Gasteiger partial charge in [-0.2, -0.15) is 0 Å². The predicted octanol–water partition coefficient (Wildman–Crippen LogP) is 2.71. The zero-order valence-electron chi connectivity index (χ0n) is 12.0. The Balaban J connectivity index is 2.64. The van der Waals surface area contributed by atoms with Gasteiger partial charge in [-0.3, -0.25) is 11.3 Å². The van der Waals surface area contributed by atoms with E-state index in [-0.39, 0.29) is 0 Å². The molecule has 1 rings (SSSR count). The summed E-state index contributed by atoms with van der Waals surface area (Å²) in [4.78, 5) is 0. The molecule has 0 aliphatic heterocycles. The van der Waals surface area contributed by atoms with E-state index in [1.54, 1.807) is 7.11 Å². The Morgan fingerprint density at radius 2 is 2.12 bits per heavy atom. The van der Waals surface area contributed by atoms with E-state index in [0.717, 1.165) is 13.0 Å². The first-order chi connectivity index (χ1) is 8.03. The maximum Gasteiger partial charge on any atom is 0.0465 e. The van der Waals surface area contributed by atoms with Crippen molar-refractivity contribution in [3.05, 3.63) is 0 Å². The largest absolute Gasteiger partial charge is 0.385 e. The van der Waals surface area contributed by atoms with Crippen LogP contribution in [-0.4, -0.2) is 19.8 Å². The second-order valence-corrected chi connectivity index (χ2v) is 6.29. The van der Waals surface area contributed by atoms with Gasteiger partial charge >= 0.3 is 0 Å². The number of hydrazine groups is 1. The van der Waals surface area contributed by atoms with Crippen LogP contribution in [0.15, 0.2) is 0 Å². The lowest BCUT2D eigenvalue weighted by molar-refractivity contribution is 0.0663. The molecule has 0 spiro atoms. The molecule has 1 fully saturated rings. The van der Waals surface area contributed by atoms with E-state index in [9.17, 15) is 0 Å². The number of methoxy groups -OCH3 is 1. The van der Waals surface area contributed by atoms with E-state index in [4.69, 9.17) is 10.6 Å². The van der Waals surface area contributed by atoms with Crippen molar-refractivity contribution in [3.8, 4) is 0 Å². The number of nitrogens with two attached hydrogens (primary N) is 1. The topological polar surface area (TPSA) is 47.3 Å². The molecule has 0 aromatic heterocycles. The summed E-state index contributed by atoms with van der Waals surface area (Å²) in [5.74, 6) is 7.07. The number of ether oxygens (including phenoxy) is 1. The van der Waals surface area contributed by atoms with Crippen LogP contribution in [0.1, 0.15) is 52.9 Å². The van der Waals surface area contributed by atoms with Crippen LogP contribution >= 0.6 is 0 Å². The van der Waals surface area contributed by atoms with Gasteiger partial charge in [-0.1, -0.05) is 33.6 Å². The van der Waals surface area contributed by atoms with Gasteiger partial charge in [0.2, 0.25) is 0 Å². The van der Waals surface area contributed by atoms with Crippen molar-refractivity contribution in [1.82, 2.24) is 5.43 Å². The maximum atomic E-state index is 5.81. The first kappa shape index (κ1) is 14.9. The second-order valence-electron chi connectivity index (χ2n) is 6.29. The Hall–Kier alpha value is -0.120. The summed E-state index contributed by atoms with van der Waals surface area (Å²) in [6, 6.07) is 0.417. The lowest BCUT2D eigenvalue weighted by atomic mass is 9.64. The number of rotatable bonds is 6. The molecule has 0 bridgehead atoms. The molecule has 102 valence electrons. The van der Waals surface area contributed by atoms with Gasteiger partial charge in [-0.25, -0.2) is 0 Å². The van der Waals surface area contributed by atoms with Crippen LogP contribution in [0.3, 0.4) is 0 Å². The normalized spacial score (nSPS) is 27.7. The Morgan fingerprint density at radius 1 is 1.41 bits per heavy atom. The van der Waals surface area contributed by atoms with Crippen molar-refractivity contribution in [3.63, 3.8) is 0 Å². The SMILES string of the molecule is COCCC(C)C(NN)C1CCCCC1(C)C. The van der Waals surface area contributed by atoms with Gasteiger partial charge in [-0.05, 0) is 36.5 Å². The van der Waals surface area contributed by atoms with Crippen LogP contribution in [0.25, 0.3) is 0 Å². The van der Waals surface area contributed by atoms with E-state index in [2.05, 4.69) is 26.2 Å². The maximum absolute atomic E-state index is 5.81. The van der Waals surface area contributed by atoms with Gasteiger partial charge in [0.15, 0.2) is 0 Å². The minimum absolute atomic E-state index is 0.413. The molecule has 3 atom stereocenters. The predicted molar refractivity (Wildman–Crippen MR) is 72.5 cm³/mol. The summed E-state index contributed by atoms with van der Waals surface area (Å²) < 4.78 is 5.18. The molecule has 0 heterocycles. The van der Waals surface area contributed by atoms with E-state index in [1.165, 1.54) is 25.7 Å². The Labute approximate surface area is 106 Å². The highest BCUT2D eigenvalue weighted by Crippen LogP contribution is 2.43. The van der Waals surface area contributed by atoms with Crippen molar-refractivity contribution in [2.45, 2.75) is 58.9 Å². The third kappa shape index (κ3) is 3.94. The van der Waals surface area contributed by atoms with Crippen LogP contribution in [-0.2, 0) is 4.74 Å². The molecule has 3 heteroatoms. The zero-order valence-corrected chi connectivity index (χ0v) is 12.0. The van der Waals surface area contributed by atoms with E-state index in [0.29, 0.717) is 23.3 Å². The third-order valence-corrected chi connectivity index (χ3v) is 4.61. The Bertz CT molecular complexity index is 218. The average Bonchev–Trinajstić information content (AvgIpc) is 2.29. The second kappa shape index (κ2) is 6.72. The van der Waals surface area contributed by atoms with Crippen LogP contribution in [0.4, 0.5) is 0 Å². The molecule has 3 N–H and O–H groups in total. The highest BCUT2D eigenvalue weighted by atomic mass is 16.5. The molecule has 0 aromatic rings. The Kier molecular flexibility index (Phi) is 5.90. The first-order valence-corrected chi connectivity index (χ1v) is 6.98.